The van der Waals surface area contributed by atoms with Crippen molar-refractivity contribution in [2.24, 2.45) is 0 Å². The summed E-state index contributed by atoms with van der Waals surface area (Å²) in [6, 6.07) is 0. The van der Waals surface area contributed by atoms with Gasteiger partial charge in [0.1, 0.15) is 0 Å². The van der Waals surface area contributed by atoms with E-state index in [9.17, 15) is 5.11 Å². The molecule has 0 saturated heterocycles. The van der Waals surface area contributed by atoms with Crippen LogP contribution < -0.4 is 10.2 Å². The number of likely N-dealkylation sites (N-methyl/N-ethyl adjacent to an activating group) is 1. The summed E-state index contributed by atoms with van der Waals surface area (Å²) in [7, 11) is 1.89. The first-order chi connectivity index (χ1) is 7.96. The Kier molecular flexibility index (Phi) is 4.84. The number of hydrogen-bond acceptors (Lipinski definition) is 5. The van der Waals surface area contributed by atoms with Crippen LogP contribution in [0.2, 0.25) is 0 Å². The van der Waals surface area contributed by atoms with E-state index in [0.717, 1.165) is 18.7 Å². The summed E-state index contributed by atoms with van der Waals surface area (Å²) in [6.07, 6.45) is 3.62. The van der Waals surface area contributed by atoms with E-state index < -0.39 is 5.60 Å². The zero-order chi connectivity index (χ0) is 12.9. The summed E-state index contributed by atoms with van der Waals surface area (Å²) in [5.41, 5.74) is 0.304. The number of anilines is 1. The summed E-state index contributed by atoms with van der Waals surface area (Å²) >= 11 is 0. The van der Waals surface area contributed by atoms with Crippen LogP contribution in [0.1, 0.15) is 26.3 Å². The van der Waals surface area contributed by atoms with Crippen LogP contribution in [-0.4, -0.2) is 40.8 Å². The molecule has 0 spiro atoms. The topological polar surface area (TPSA) is 61.3 Å². The highest BCUT2D eigenvalue weighted by molar-refractivity contribution is 5.30. The second-order valence-corrected chi connectivity index (χ2v) is 4.75. The van der Waals surface area contributed by atoms with Crippen LogP contribution in [0.4, 0.5) is 5.95 Å². The average molecular weight is 238 g/mol. The highest BCUT2D eigenvalue weighted by atomic mass is 16.3. The predicted molar refractivity (Wildman–Crippen MR) is 69.0 cm³/mol. The molecule has 5 nitrogen and oxygen atoms in total. The largest absolute Gasteiger partial charge is 0.389 e. The van der Waals surface area contributed by atoms with Crippen LogP contribution in [0.5, 0.6) is 0 Å². The number of aliphatic hydroxyl groups is 1. The Morgan fingerprint density at radius 3 is 2.35 bits per heavy atom. The Morgan fingerprint density at radius 1 is 1.35 bits per heavy atom. The zero-order valence-electron chi connectivity index (χ0n) is 11.1. The van der Waals surface area contributed by atoms with E-state index >= 15 is 0 Å². The third kappa shape index (κ3) is 4.66. The summed E-state index contributed by atoms with van der Waals surface area (Å²) in [4.78, 5) is 10.6. The maximum Gasteiger partial charge on any atom is 0.225 e. The summed E-state index contributed by atoms with van der Waals surface area (Å²) in [6.45, 7) is 7.65. The number of hydrogen-bond donors (Lipinski definition) is 2. The molecule has 0 saturated carbocycles. The minimum absolute atomic E-state index is 0.523. The van der Waals surface area contributed by atoms with Crippen molar-refractivity contribution in [2.45, 2.75) is 32.9 Å². The lowest BCUT2D eigenvalue weighted by Crippen LogP contribution is -2.39. The van der Waals surface area contributed by atoms with Crippen molar-refractivity contribution >= 4 is 5.95 Å². The molecule has 0 aromatic carbocycles. The fourth-order valence-electron chi connectivity index (χ4n) is 1.60. The van der Waals surface area contributed by atoms with Gasteiger partial charge in [0.2, 0.25) is 5.95 Å². The first-order valence-corrected chi connectivity index (χ1v) is 5.89. The van der Waals surface area contributed by atoms with Gasteiger partial charge in [-0.1, -0.05) is 0 Å². The molecule has 5 heteroatoms. The van der Waals surface area contributed by atoms with Crippen LogP contribution in [0.25, 0.3) is 0 Å². The second-order valence-electron chi connectivity index (χ2n) is 4.75. The minimum Gasteiger partial charge on any atom is -0.389 e. The zero-order valence-corrected chi connectivity index (χ0v) is 11.1. The number of nitrogens with zero attached hydrogens (tertiary/aromatic N) is 3. The third-order valence-electron chi connectivity index (χ3n) is 2.31. The molecule has 2 N–H and O–H groups in total. The third-order valence-corrected chi connectivity index (χ3v) is 2.31. The van der Waals surface area contributed by atoms with E-state index in [-0.39, 0.29) is 0 Å². The summed E-state index contributed by atoms with van der Waals surface area (Å²) in [5.74, 6) is 0.662. The molecule has 1 heterocycles. The fraction of sp³-hybridized carbons (Fsp3) is 0.667. The molecule has 0 aliphatic rings. The molecule has 1 aromatic rings. The molecule has 0 unspecified atom stereocenters. The van der Waals surface area contributed by atoms with Crippen molar-refractivity contribution in [1.82, 2.24) is 15.3 Å². The molecule has 0 aliphatic carbocycles. The number of aromatic nitrogens is 2. The monoisotopic (exact) mass is 238 g/mol. The van der Waals surface area contributed by atoms with E-state index in [0.29, 0.717) is 12.5 Å². The van der Waals surface area contributed by atoms with E-state index in [1.807, 2.05) is 31.3 Å². The lowest BCUT2D eigenvalue weighted by molar-refractivity contribution is 0.0872. The van der Waals surface area contributed by atoms with E-state index in [2.05, 4.69) is 15.3 Å². The Balaban J connectivity index is 2.75. The van der Waals surface area contributed by atoms with E-state index in [1.54, 1.807) is 13.8 Å². The molecule has 0 amide bonds. The molecule has 1 aromatic heterocycles. The molecule has 0 radical (unpaired) electrons. The van der Waals surface area contributed by atoms with E-state index in [1.165, 1.54) is 0 Å². The Hall–Kier alpha value is -1.20. The van der Waals surface area contributed by atoms with Gasteiger partial charge in [0.05, 0.1) is 5.60 Å². The maximum atomic E-state index is 9.81. The fourth-order valence-corrected chi connectivity index (χ4v) is 1.60. The van der Waals surface area contributed by atoms with Crippen molar-refractivity contribution in [2.75, 3.05) is 25.0 Å². The van der Waals surface area contributed by atoms with Crippen LogP contribution in [0, 0.1) is 0 Å². The maximum absolute atomic E-state index is 9.81. The van der Waals surface area contributed by atoms with Gasteiger partial charge in [-0.2, -0.15) is 0 Å². The lowest BCUT2D eigenvalue weighted by Gasteiger charge is -2.27. The summed E-state index contributed by atoms with van der Waals surface area (Å²) in [5, 5.41) is 12.9. The molecular weight excluding hydrogens is 216 g/mol. The highest BCUT2D eigenvalue weighted by Gasteiger charge is 2.18. The molecule has 0 fully saturated rings. The van der Waals surface area contributed by atoms with Gasteiger partial charge in [0.15, 0.2) is 0 Å². The Morgan fingerprint density at radius 2 is 1.94 bits per heavy atom. The summed E-state index contributed by atoms with van der Waals surface area (Å²) < 4.78 is 0. The standard InChI is InChI=1S/C12H22N4O/c1-5-16(9-12(2,3)17)11-14-7-10(6-13-4)8-15-11/h7-8,13,17H,5-6,9H2,1-4H3. The van der Waals surface area contributed by atoms with Gasteiger partial charge >= 0.3 is 0 Å². The lowest BCUT2D eigenvalue weighted by atomic mass is 10.1. The molecule has 96 valence electrons. The number of rotatable bonds is 6. The molecular formula is C12H22N4O. The predicted octanol–water partition coefficient (Wildman–Crippen LogP) is 0.793. The van der Waals surface area contributed by atoms with Crippen molar-refractivity contribution in [3.63, 3.8) is 0 Å². The van der Waals surface area contributed by atoms with Crippen LogP contribution in [0.3, 0.4) is 0 Å². The quantitative estimate of drug-likeness (QED) is 0.767. The highest BCUT2D eigenvalue weighted by Crippen LogP contribution is 2.11. The van der Waals surface area contributed by atoms with Crippen molar-refractivity contribution in [3.8, 4) is 0 Å². The van der Waals surface area contributed by atoms with Gasteiger partial charge in [0.25, 0.3) is 0 Å². The van der Waals surface area contributed by atoms with Gasteiger partial charge in [-0.25, -0.2) is 9.97 Å². The van der Waals surface area contributed by atoms with Crippen LogP contribution in [0.15, 0.2) is 12.4 Å². The molecule has 1 rings (SSSR count). The van der Waals surface area contributed by atoms with Gasteiger partial charge in [-0.15, -0.1) is 0 Å². The first kappa shape index (κ1) is 13.9. The van der Waals surface area contributed by atoms with E-state index in [4.69, 9.17) is 0 Å². The van der Waals surface area contributed by atoms with Crippen molar-refractivity contribution in [3.05, 3.63) is 18.0 Å². The molecule has 0 atom stereocenters. The van der Waals surface area contributed by atoms with Gasteiger partial charge < -0.3 is 15.3 Å². The SMILES string of the molecule is CCN(CC(C)(C)O)c1ncc(CNC)cn1. The van der Waals surface area contributed by atoms with Crippen LogP contribution >= 0.6 is 0 Å². The average Bonchev–Trinajstić information content (AvgIpc) is 2.26. The molecule has 17 heavy (non-hydrogen) atoms. The van der Waals surface area contributed by atoms with Crippen molar-refractivity contribution < 1.29 is 5.11 Å². The van der Waals surface area contributed by atoms with Crippen LogP contribution in [-0.2, 0) is 6.54 Å². The number of nitrogens with one attached hydrogen (secondary N) is 1. The van der Waals surface area contributed by atoms with Crippen molar-refractivity contribution in [1.29, 1.82) is 0 Å². The second kappa shape index (κ2) is 5.93. The van der Waals surface area contributed by atoms with Gasteiger partial charge in [0, 0.05) is 37.6 Å². The van der Waals surface area contributed by atoms with Gasteiger partial charge in [-0.05, 0) is 27.8 Å². The molecule has 0 bridgehead atoms. The first-order valence-electron chi connectivity index (χ1n) is 5.89. The normalized spacial score (nSPS) is 11.6. The van der Waals surface area contributed by atoms with Gasteiger partial charge in [-0.3, -0.25) is 0 Å². The Labute approximate surface area is 103 Å². The Bertz CT molecular complexity index is 331. The molecule has 0 aliphatic heterocycles. The minimum atomic E-state index is -0.747. The smallest absolute Gasteiger partial charge is 0.225 e.